The molecule has 0 fully saturated rings. The minimum atomic E-state index is -4.02. The molecular formula is C20H20N2O5S. The molecule has 7 nitrogen and oxygen atoms in total. The number of rotatable bonds is 7. The third-order valence-electron chi connectivity index (χ3n) is 3.91. The summed E-state index contributed by atoms with van der Waals surface area (Å²) in [4.78, 5) is 23.5. The molecule has 0 aliphatic carbocycles. The number of hydrogen-bond donors (Lipinski definition) is 2. The third-order valence-corrected chi connectivity index (χ3v) is 5.30. The summed E-state index contributed by atoms with van der Waals surface area (Å²) in [6.07, 6.45) is 5.11. The van der Waals surface area contributed by atoms with Crippen molar-refractivity contribution in [2.24, 2.45) is 5.73 Å². The molecule has 0 unspecified atom stereocenters. The first-order chi connectivity index (χ1) is 13.1. The zero-order valence-corrected chi connectivity index (χ0v) is 16.2. The van der Waals surface area contributed by atoms with Crippen LogP contribution in [-0.4, -0.2) is 26.3 Å². The van der Waals surface area contributed by atoms with Gasteiger partial charge in [-0.25, -0.2) is 0 Å². The van der Waals surface area contributed by atoms with Crippen molar-refractivity contribution in [2.75, 3.05) is 0 Å². The summed E-state index contributed by atoms with van der Waals surface area (Å²) in [5, 5.41) is 2.43. The van der Waals surface area contributed by atoms with Crippen LogP contribution in [0, 0.1) is 26.2 Å². The van der Waals surface area contributed by atoms with Crippen LogP contribution in [0.3, 0.4) is 0 Å². The highest BCUT2D eigenvalue weighted by Gasteiger charge is 2.21. The molecule has 8 heteroatoms. The molecule has 0 saturated carbocycles. The molecule has 0 saturated heterocycles. The first-order valence-corrected chi connectivity index (χ1v) is 9.70. The van der Waals surface area contributed by atoms with Gasteiger partial charge in [-0.1, -0.05) is 12.1 Å². The van der Waals surface area contributed by atoms with Crippen LogP contribution < -0.4 is 15.2 Å². The first-order valence-electron chi connectivity index (χ1n) is 8.29. The highest BCUT2D eigenvalue weighted by Crippen LogP contribution is 2.22. The maximum absolute atomic E-state index is 12.5. The molecular weight excluding hydrogens is 380 g/mol. The van der Waals surface area contributed by atoms with Crippen molar-refractivity contribution in [3.63, 3.8) is 0 Å². The molecule has 2 aromatic rings. The second-order valence-corrected chi connectivity index (χ2v) is 7.68. The molecule has 0 aromatic heterocycles. The van der Waals surface area contributed by atoms with E-state index in [1.807, 2.05) is 0 Å². The quantitative estimate of drug-likeness (QED) is 0.542. The maximum atomic E-state index is 12.5. The summed E-state index contributed by atoms with van der Waals surface area (Å²) in [5.74, 6) is 1.000. The average molecular weight is 400 g/mol. The number of benzene rings is 2. The fourth-order valence-corrected chi connectivity index (χ4v) is 3.64. The fourth-order valence-electron chi connectivity index (χ4n) is 2.39. The molecule has 0 radical (unpaired) electrons. The second kappa shape index (κ2) is 8.59. The molecule has 2 rings (SSSR count). The smallest absolute Gasteiger partial charge is 0.339 e. The van der Waals surface area contributed by atoms with Crippen molar-refractivity contribution < 1.29 is 22.2 Å². The van der Waals surface area contributed by atoms with Crippen LogP contribution >= 0.6 is 0 Å². The molecule has 146 valence electrons. The van der Waals surface area contributed by atoms with Crippen LogP contribution in [0.4, 0.5) is 0 Å². The lowest BCUT2D eigenvalue weighted by Gasteiger charge is -2.13. The van der Waals surface area contributed by atoms with E-state index < -0.39 is 28.0 Å². The molecule has 2 aromatic carbocycles. The Morgan fingerprint density at radius 2 is 1.82 bits per heavy atom. The number of primary amides is 1. The van der Waals surface area contributed by atoms with Crippen molar-refractivity contribution >= 4 is 21.9 Å². The summed E-state index contributed by atoms with van der Waals surface area (Å²) in [7, 11) is -4.02. The second-order valence-electron chi connectivity index (χ2n) is 6.17. The number of nitrogens with one attached hydrogen (secondary N) is 1. The van der Waals surface area contributed by atoms with Crippen molar-refractivity contribution in [3.8, 4) is 18.1 Å². The predicted octanol–water partition coefficient (Wildman–Crippen LogP) is 1.68. The Kier molecular flexibility index (Phi) is 6.44. The summed E-state index contributed by atoms with van der Waals surface area (Å²) < 4.78 is 30.2. The van der Waals surface area contributed by atoms with Gasteiger partial charge in [-0.2, -0.15) is 8.42 Å². The van der Waals surface area contributed by atoms with E-state index in [1.165, 1.54) is 30.3 Å². The van der Waals surface area contributed by atoms with Crippen molar-refractivity contribution in [1.82, 2.24) is 5.32 Å². The van der Waals surface area contributed by atoms with E-state index in [9.17, 15) is 18.0 Å². The van der Waals surface area contributed by atoms with Crippen LogP contribution in [0.5, 0.6) is 5.75 Å². The molecule has 3 N–H and O–H groups in total. The number of amides is 2. The Hall–Kier alpha value is -3.31. The minimum Gasteiger partial charge on any atom is -0.379 e. The van der Waals surface area contributed by atoms with Gasteiger partial charge in [0.05, 0.1) is 0 Å². The Morgan fingerprint density at radius 1 is 1.18 bits per heavy atom. The topological polar surface area (TPSA) is 116 Å². The molecule has 0 spiro atoms. The van der Waals surface area contributed by atoms with E-state index >= 15 is 0 Å². The third kappa shape index (κ3) is 5.11. The van der Waals surface area contributed by atoms with E-state index in [2.05, 4.69) is 11.2 Å². The molecule has 28 heavy (non-hydrogen) atoms. The summed E-state index contributed by atoms with van der Waals surface area (Å²) >= 11 is 0. The fraction of sp³-hybridized carbons (Fsp3) is 0.200. The SMILES string of the molecule is C#CC[C@H](NC(=O)c1ccc(OS(=O)(=O)c2cc(C)ccc2C)cc1)C(N)=O. The van der Waals surface area contributed by atoms with Crippen molar-refractivity contribution in [1.29, 1.82) is 0 Å². The van der Waals surface area contributed by atoms with E-state index in [1.54, 1.807) is 26.0 Å². The van der Waals surface area contributed by atoms with Crippen LogP contribution in [0.1, 0.15) is 27.9 Å². The lowest BCUT2D eigenvalue weighted by molar-refractivity contribution is -0.119. The number of aryl methyl sites for hydroxylation is 2. The molecule has 1 atom stereocenters. The standard InChI is InChI=1S/C20H20N2O5S/c1-4-5-17(19(21)23)22-20(24)15-8-10-16(11-9-15)27-28(25,26)18-12-13(2)6-7-14(18)3/h1,6-12,17H,5H2,2-3H3,(H2,21,23)(H,22,24)/t17-/m0/s1. The van der Waals surface area contributed by atoms with Crippen LogP contribution in [0.15, 0.2) is 47.4 Å². The molecule has 0 aliphatic heterocycles. The highest BCUT2D eigenvalue weighted by atomic mass is 32.2. The zero-order chi connectivity index (χ0) is 20.9. The molecule has 2 amide bonds. The van der Waals surface area contributed by atoms with E-state index in [-0.39, 0.29) is 22.6 Å². The number of terminal acetylenes is 1. The summed E-state index contributed by atoms with van der Waals surface area (Å²) in [5.41, 5.74) is 6.73. The Balaban J connectivity index is 2.16. The number of carbonyl (C=O) groups excluding carboxylic acids is 2. The van der Waals surface area contributed by atoms with Gasteiger partial charge in [-0.3, -0.25) is 9.59 Å². The number of nitrogens with two attached hydrogens (primary N) is 1. The van der Waals surface area contributed by atoms with Gasteiger partial charge in [0.15, 0.2) is 0 Å². The van der Waals surface area contributed by atoms with Gasteiger partial charge >= 0.3 is 10.1 Å². The Labute approximate surface area is 164 Å². The van der Waals surface area contributed by atoms with Crippen molar-refractivity contribution in [2.45, 2.75) is 31.2 Å². The van der Waals surface area contributed by atoms with Gasteiger partial charge in [-0.05, 0) is 55.3 Å². The summed E-state index contributed by atoms with van der Waals surface area (Å²) in [6.45, 7) is 3.46. The summed E-state index contributed by atoms with van der Waals surface area (Å²) in [6, 6.07) is 9.48. The van der Waals surface area contributed by atoms with Gasteiger partial charge in [0.2, 0.25) is 5.91 Å². The van der Waals surface area contributed by atoms with E-state index in [0.717, 1.165) is 5.56 Å². The Bertz CT molecular complexity index is 1040. The number of hydrogen-bond acceptors (Lipinski definition) is 5. The van der Waals surface area contributed by atoms with E-state index in [0.29, 0.717) is 5.56 Å². The Morgan fingerprint density at radius 3 is 2.39 bits per heavy atom. The molecule has 0 bridgehead atoms. The zero-order valence-electron chi connectivity index (χ0n) is 15.4. The molecule has 0 heterocycles. The molecule has 0 aliphatic rings. The minimum absolute atomic E-state index is 0.0314. The normalized spacial score (nSPS) is 11.9. The average Bonchev–Trinajstić information content (AvgIpc) is 2.63. The van der Waals surface area contributed by atoms with Gasteiger partial charge in [0.1, 0.15) is 16.7 Å². The maximum Gasteiger partial charge on any atom is 0.339 e. The number of carbonyl (C=O) groups is 2. The lowest BCUT2D eigenvalue weighted by atomic mass is 10.1. The highest BCUT2D eigenvalue weighted by molar-refractivity contribution is 7.87. The lowest BCUT2D eigenvalue weighted by Crippen LogP contribution is -2.44. The van der Waals surface area contributed by atoms with E-state index in [4.69, 9.17) is 16.3 Å². The van der Waals surface area contributed by atoms with Gasteiger partial charge in [-0.15, -0.1) is 12.3 Å². The predicted molar refractivity (Wildman–Crippen MR) is 104 cm³/mol. The van der Waals surface area contributed by atoms with Crippen molar-refractivity contribution in [3.05, 3.63) is 59.2 Å². The first kappa shape index (κ1) is 21.0. The monoisotopic (exact) mass is 400 g/mol. The van der Waals surface area contributed by atoms with Gasteiger partial charge in [0, 0.05) is 12.0 Å². The van der Waals surface area contributed by atoms with Gasteiger partial charge in [0.25, 0.3) is 5.91 Å². The van der Waals surface area contributed by atoms with Crippen LogP contribution in [0.25, 0.3) is 0 Å². The largest absolute Gasteiger partial charge is 0.379 e. The van der Waals surface area contributed by atoms with Crippen LogP contribution in [0.2, 0.25) is 0 Å². The van der Waals surface area contributed by atoms with Crippen LogP contribution in [-0.2, 0) is 14.9 Å². The van der Waals surface area contributed by atoms with Gasteiger partial charge < -0.3 is 15.2 Å².